The van der Waals surface area contributed by atoms with E-state index in [2.05, 4.69) is 4.98 Å². The second kappa shape index (κ2) is 7.11. The zero-order valence-electron chi connectivity index (χ0n) is 13.3. The van der Waals surface area contributed by atoms with Crippen molar-refractivity contribution in [3.63, 3.8) is 0 Å². The van der Waals surface area contributed by atoms with Gasteiger partial charge in [-0.15, -0.1) is 22.7 Å². The van der Waals surface area contributed by atoms with Crippen LogP contribution in [0.25, 0.3) is 10.2 Å². The minimum atomic E-state index is -0.834. The number of ether oxygens (including phenoxy) is 1. The van der Waals surface area contributed by atoms with Gasteiger partial charge in [0.25, 0.3) is 5.91 Å². The van der Waals surface area contributed by atoms with Gasteiger partial charge >= 0.3 is 5.97 Å². The molecule has 7 heteroatoms. The van der Waals surface area contributed by atoms with Crippen molar-refractivity contribution in [3.05, 3.63) is 51.7 Å². The molecular weight excluding hydrogens is 344 g/mol. The van der Waals surface area contributed by atoms with Crippen LogP contribution in [0, 0.1) is 0 Å². The number of carbonyl (C=O) groups is 2. The molecule has 2 heterocycles. The molecule has 0 bridgehead atoms. The fraction of sp³-hybridized carbons (Fsp3) is 0.235. The van der Waals surface area contributed by atoms with Crippen LogP contribution in [0.4, 0.5) is 0 Å². The van der Waals surface area contributed by atoms with Crippen LogP contribution in [0.5, 0.6) is 0 Å². The largest absolute Gasteiger partial charge is 0.448 e. The summed E-state index contributed by atoms with van der Waals surface area (Å²) in [6.45, 7) is 1.97. The van der Waals surface area contributed by atoms with Crippen molar-refractivity contribution in [1.82, 2.24) is 9.88 Å². The van der Waals surface area contributed by atoms with Crippen LogP contribution in [0.1, 0.15) is 21.6 Å². The van der Waals surface area contributed by atoms with Crippen molar-refractivity contribution >= 4 is 44.8 Å². The van der Waals surface area contributed by atoms with Gasteiger partial charge in [0.2, 0.25) is 0 Å². The van der Waals surface area contributed by atoms with Crippen LogP contribution in [0.2, 0.25) is 0 Å². The highest BCUT2D eigenvalue weighted by atomic mass is 32.1. The molecule has 124 valence electrons. The Morgan fingerprint density at radius 1 is 1.25 bits per heavy atom. The van der Waals surface area contributed by atoms with E-state index in [4.69, 9.17) is 4.74 Å². The number of aromatic nitrogens is 1. The van der Waals surface area contributed by atoms with Gasteiger partial charge in [-0.1, -0.05) is 18.2 Å². The molecule has 1 amide bonds. The fourth-order valence-electron chi connectivity index (χ4n) is 2.24. The molecule has 0 saturated carbocycles. The molecule has 0 aliphatic carbocycles. The summed E-state index contributed by atoms with van der Waals surface area (Å²) in [5.41, 5.74) is 0.926. The first-order valence-corrected chi connectivity index (χ1v) is 9.08. The number of likely N-dealkylation sites (N-methyl/N-ethyl adjacent to an activating group) is 1. The lowest BCUT2D eigenvalue weighted by molar-refractivity contribution is -0.139. The number of rotatable bonds is 5. The summed E-state index contributed by atoms with van der Waals surface area (Å²) in [6.07, 6.45) is -0.834. The fourth-order valence-corrected chi connectivity index (χ4v) is 3.87. The maximum Gasteiger partial charge on any atom is 0.349 e. The number of hydrogen-bond donors (Lipinski definition) is 0. The Balaban J connectivity index is 1.62. The number of benzene rings is 1. The summed E-state index contributed by atoms with van der Waals surface area (Å²) in [7, 11) is 1.68. The van der Waals surface area contributed by atoms with Crippen LogP contribution in [-0.4, -0.2) is 34.9 Å². The van der Waals surface area contributed by atoms with Crippen molar-refractivity contribution in [3.8, 4) is 0 Å². The number of thiophene rings is 1. The predicted octanol–water partition coefficient (Wildman–Crippen LogP) is 3.56. The molecule has 0 N–H and O–H groups in total. The second-order valence-electron chi connectivity index (χ2n) is 5.29. The Morgan fingerprint density at radius 2 is 2.04 bits per heavy atom. The van der Waals surface area contributed by atoms with Gasteiger partial charge in [-0.3, -0.25) is 4.79 Å². The molecule has 0 unspecified atom stereocenters. The van der Waals surface area contributed by atoms with E-state index in [-0.39, 0.29) is 5.91 Å². The van der Waals surface area contributed by atoms with Gasteiger partial charge in [0.1, 0.15) is 9.88 Å². The third-order valence-electron chi connectivity index (χ3n) is 3.44. The molecule has 2 aromatic heterocycles. The minimum Gasteiger partial charge on any atom is -0.448 e. The number of hydrogen-bond acceptors (Lipinski definition) is 6. The third kappa shape index (κ3) is 3.63. The summed E-state index contributed by atoms with van der Waals surface area (Å²) in [5.74, 6) is -0.724. The zero-order chi connectivity index (χ0) is 17.1. The van der Waals surface area contributed by atoms with E-state index in [0.717, 1.165) is 15.2 Å². The summed E-state index contributed by atoms with van der Waals surface area (Å²) < 4.78 is 6.33. The lowest BCUT2D eigenvalue weighted by Gasteiger charge is -2.20. The van der Waals surface area contributed by atoms with Gasteiger partial charge in [-0.25, -0.2) is 9.78 Å². The van der Waals surface area contributed by atoms with Crippen LogP contribution in [0.3, 0.4) is 0 Å². The second-order valence-corrected chi connectivity index (χ2v) is 7.36. The molecule has 24 heavy (non-hydrogen) atoms. The summed E-state index contributed by atoms with van der Waals surface area (Å²) in [4.78, 5) is 30.9. The number of carbonyl (C=O) groups excluding carboxylic acids is 2. The van der Waals surface area contributed by atoms with E-state index < -0.39 is 12.1 Å². The SMILES string of the molecule is C[C@@H](OC(=O)c1cccs1)C(=O)N(C)Cc1nc2ccccc2s1. The Labute approximate surface area is 147 Å². The molecular formula is C17H16N2O3S2. The number of para-hydroxylation sites is 1. The molecule has 0 aliphatic rings. The summed E-state index contributed by atoms with van der Waals surface area (Å²) in [5, 5.41) is 2.64. The molecule has 0 fully saturated rings. The van der Waals surface area contributed by atoms with Gasteiger partial charge in [-0.2, -0.15) is 0 Å². The Hall–Kier alpha value is -2.25. The van der Waals surface area contributed by atoms with Crippen LogP contribution in [0.15, 0.2) is 41.8 Å². The summed E-state index contributed by atoms with van der Waals surface area (Å²) in [6, 6.07) is 11.3. The third-order valence-corrected chi connectivity index (χ3v) is 5.31. The Bertz CT molecular complexity index is 825. The highest BCUT2D eigenvalue weighted by Crippen LogP contribution is 2.22. The van der Waals surface area contributed by atoms with E-state index in [1.807, 2.05) is 24.3 Å². The van der Waals surface area contributed by atoms with Crippen molar-refractivity contribution < 1.29 is 14.3 Å². The van der Waals surface area contributed by atoms with Gasteiger partial charge in [0, 0.05) is 7.05 Å². The van der Waals surface area contributed by atoms with Crippen LogP contribution in [-0.2, 0) is 16.1 Å². The lowest BCUT2D eigenvalue weighted by Crippen LogP contribution is -2.36. The van der Waals surface area contributed by atoms with Crippen LogP contribution < -0.4 is 0 Å². The van der Waals surface area contributed by atoms with E-state index in [9.17, 15) is 9.59 Å². The first kappa shape index (κ1) is 16.6. The smallest absolute Gasteiger partial charge is 0.349 e. The molecule has 0 aliphatic heterocycles. The molecule has 3 rings (SSSR count). The standard InChI is InChI=1S/C17H16N2O3S2/c1-11(22-17(21)14-8-5-9-23-14)16(20)19(2)10-15-18-12-6-3-4-7-13(12)24-15/h3-9,11H,10H2,1-2H3/t11-/m1/s1. The zero-order valence-corrected chi connectivity index (χ0v) is 14.9. The maximum absolute atomic E-state index is 12.4. The molecule has 3 aromatic rings. The van der Waals surface area contributed by atoms with Gasteiger partial charge in [0.15, 0.2) is 6.10 Å². The first-order valence-electron chi connectivity index (χ1n) is 7.38. The number of esters is 1. The highest BCUT2D eigenvalue weighted by Gasteiger charge is 2.23. The van der Waals surface area contributed by atoms with E-state index in [0.29, 0.717) is 11.4 Å². The normalized spacial score (nSPS) is 12.1. The quantitative estimate of drug-likeness (QED) is 0.653. The number of thiazole rings is 1. The average Bonchev–Trinajstić information content (AvgIpc) is 3.22. The van der Waals surface area contributed by atoms with Crippen molar-refractivity contribution in [1.29, 1.82) is 0 Å². The van der Waals surface area contributed by atoms with E-state index in [1.165, 1.54) is 16.2 Å². The van der Waals surface area contributed by atoms with Crippen LogP contribution >= 0.6 is 22.7 Å². The van der Waals surface area contributed by atoms with Crippen molar-refractivity contribution in [2.75, 3.05) is 7.05 Å². The molecule has 1 aromatic carbocycles. The molecule has 0 radical (unpaired) electrons. The molecule has 0 spiro atoms. The molecule has 1 atom stereocenters. The topological polar surface area (TPSA) is 59.5 Å². The average molecular weight is 360 g/mol. The Kier molecular flexibility index (Phi) is 4.92. The molecule has 0 saturated heterocycles. The first-order chi connectivity index (χ1) is 11.5. The van der Waals surface area contributed by atoms with Gasteiger partial charge in [-0.05, 0) is 30.5 Å². The van der Waals surface area contributed by atoms with E-state index >= 15 is 0 Å². The summed E-state index contributed by atoms with van der Waals surface area (Å²) >= 11 is 2.85. The van der Waals surface area contributed by atoms with E-state index in [1.54, 1.807) is 42.8 Å². The number of nitrogens with zero attached hydrogens (tertiary/aromatic N) is 2. The maximum atomic E-state index is 12.4. The van der Waals surface area contributed by atoms with Crippen molar-refractivity contribution in [2.45, 2.75) is 19.6 Å². The molecule has 5 nitrogen and oxygen atoms in total. The Morgan fingerprint density at radius 3 is 2.75 bits per heavy atom. The monoisotopic (exact) mass is 360 g/mol. The minimum absolute atomic E-state index is 0.251. The lowest BCUT2D eigenvalue weighted by atomic mass is 10.3. The number of fused-ring (bicyclic) bond motifs is 1. The van der Waals surface area contributed by atoms with Gasteiger partial charge in [0.05, 0.1) is 16.8 Å². The predicted molar refractivity (Wildman–Crippen MR) is 95.3 cm³/mol. The number of amides is 1. The van der Waals surface area contributed by atoms with Crippen molar-refractivity contribution in [2.24, 2.45) is 0 Å². The highest BCUT2D eigenvalue weighted by molar-refractivity contribution is 7.18. The van der Waals surface area contributed by atoms with Gasteiger partial charge < -0.3 is 9.64 Å².